The van der Waals surface area contributed by atoms with Crippen molar-refractivity contribution in [2.24, 2.45) is 5.92 Å². The fourth-order valence-electron chi connectivity index (χ4n) is 2.31. The quantitative estimate of drug-likeness (QED) is 0.724. The van der Waals surface area contributed by atoms with Crippen LogP contribution in [0.4, 0.5) is 0 Å². The van der Waals surface area contributed by atoms with Crippen molar-refractivity contribution in [3.05, 3.63) is 0 Å². The van der Waals surface area contributed by atoms with Crippen LogP contribution in [0.1, 0.15) is 33.6 Å². The molecule has 4 nitrogen and oxygen atoms in total. The lowest BCUT2D eigenvalue weighted by Crippen LogP contribution is -2.45. The van der Waals surface area contributed by atoms with Crippen LogP contribution in [-0.2, 0) is 4.79 Å². The van der Waals surface area contributed by atoms with Crippen LogP contribution in [0.2, 0.25) is 0 Å². The number of amides is 1. The zero-order valence-electron chi connectivity index (χ0n) is 11.5. The Bertz CT molecular complexity index is 225. The summed E-state index contributed by atoms with van der Waals surface area (Å²) in [6, 6.07) is 0.430. The summed E-state index contributed by atoms with van der Waals surface area (Å²) in [5, 5.41) is 6.30. The molecule has 0 bridgehead atoms. The first-order valence-corrected chi connectivity index (χ1v) is 6.85. The van der Waals surface area contributed by atoms with Gasteiger partial charge in [0.05, 0.1) is 6.54 Å². The normalized spacial score (nSPS) is 20.9. The topological polar surface area (TPSA) is 44.4 Å². The molecule has 1 rings (SSSR count). The highest BCUT2D eigenvalue weighted by Crippen LogP contribution is 2.13. The van der Waals surface area contributed by atoms with Crippen molar-refractivity contribution >= 4 is 5.91 Å². The molecule has 1 unspecified atom stereocenters. The van der Waals surface area contributed by atoms with Crippen LogP contribution in [0.5, 0.6) is 0 Å². The van der Waals surface area contributed by atoms with Crippen LogP contribution in [0, 0.1) is 5.92 Å². The molecule has 0 aromatic heterocycles. The second-order valence-corrected chi connectivity index (χ2v) is 5.19. The van der Waals surface area contributed by atoms with Gasteiger partial charge in [-0.2, -0.15) is 0 Å². The minimum absolute atomic E-state index is 0.143. The van der Waals surface area contributed by atoms with E-state index in [2.05, 4.69) is 29.4 Å². The number of rotatable bonds is 6. The summed E-state index contributed by atoms with van der Waals surface area (Å²) in [5.41, 5.74) is 0. The number of nitrogens with zero attached hydrogens (tertiary/aromatic N) is 1. The van der Waals surface area contributed by atoms with E-state index >= 15 is 0 Å². The Morgan fingerprint density at radius 1 is 1.53 bits per heavy atom. The highest BCUT2D eigenvalue weighted by Gasteiger charge is 2.20. The summed E-state index contributed by atoms with van der Waals surface area (Å²) in [6.45, 7) is 10.8. The highest BCUT2D eigenvalue weighted by molar-refractivity contribution is 5.77. The molecule has 1 saturated heterocycles. The van der Waals surface area contributed by atoms with Crippen molar-refractivity contribution in [2.75, 3.05) is 32.7 Å². The lowest BCUT2D eigenvalue weighted by Gasteiger charge is -2.32. The summed E-state index contributed by atoms with van der Waals surface area (Å²) < 4.78 is 0. The molecule has 4 heteroatoms. The molecule has 0 saturated carbocycles. The Labute approximate surface area is 105 Å². The Hall–Kier alpha value is -0.610. The number of piperidine rings is 1. The number of likely N-dealkylation sites (N-methyl/N-ethyl adjacent to an activating group) is 1. The second-order valence-electron chi connectivity index (χ2n) is 5.19. The first-order chi connectivity index (χ1) is 8.13. The monoisotopic (exact) mass is 241 g/mol. The van der Waals surface area contributed by atoms with Gasteiger partial charge in [0.2, 0.25) is 5.91 Å². The van der Waals surface area contributed by atoms with Gasteiger partial charge >= 0.3 is 0 Å². The standard InChI is InChI=1S/C13H27N3O/c1-4-15-13(17)10-16(11(2)3)9-12-6-5-7-14-8-12/h11-12,14H,4-10H2,1-3H3,(H,15,17). The average molecular weight is 241 g/mol. The van der Waals surface area contributed by atoms with E-state index in [1.165, 1.54) is 12.8 Å². The molecule has 1 aliphatic heterocycles. The molecule has 0 aliphatic carbocycles. The van der Waals surface area contributed by atoms with E-state index in [1.54, 1.807) is 0 Å². The smallest absolute Gasteiger partial charge is 0.234 e. The molecule has 1 aliphatic rings. The molecule has 0 spiro atoms. The molecular formula is C13H27N3O. The molecule has 1 heterocycles. The minimum Gasteiger partial charge on any atom is -0.355 e. The molecule has 1 atom stereocenters. The van der Waals surface area contributed by atoms with Gasteiger partial charge in [-0.3, -0.25) is 9.69 Å². The third-order valence-corrected chi connectivity index (χ3v) is 3.34. The van der Waals surface area contributed by atoms with Crippen LogP contribution in [0.3, 0.4) is 0 Å². The van der Waals surface area contributed by atoms with E-state index in [0.29, 0.717) is 18.5 Å². The van der Waals surface area contributed by atoms with E-state index in [1.807, 2.05) is 6.92 Å². The molecule has 1 amide bonds. The Morgan fingerprint density at radius 3 is 2.82 bits per heavy atom. The molecule has 17 heavy (non-hydrogen) atoms. The Kier molecular flexibility index (Phi) is 6.52. The fraction of sp³-hybridized carbons (Fsp3) is 0.923. The molecule has 0 aromatic carbocycles. The largest absolute Gasteiger partial charge is 0.355 e. The van der Waals surface area contributed by atoms with Crippen LogP contribution in [-0.4, -0.2) is 49.6 Å². The molecule has 0 aromatic rings. The van der Waals surface area contributed by atoms with E-state index < -0.39 is 0 Å². The molecule has 100 valence electrons. The highest BCUT2D eigenvalue weighted by atomic mass is 16.2. The lowest BCUT2D eigenvalue weighted by molar-refractivity contribution is -0.122. The first-order valence-electron chi connectivity index (χ1n) is 6.85. The predicted octanol–water partition coefficient (Wildman–Crippen LogP) is 0.833. The van der Waals surface area contributed by atoms with Gasteiger partial charge in [-0.05, 0) is 52.6 Å². The number of carbonyl (C=O) groups is 1. The molecule has 2 N–H and O–H groups in total. The first kappa shape index (κ1) is 14.5. The van der Waals surface area contributed by atoms with Gasteiger partial charge in [0.1, 0.15) is 0 Å². The van der Waals surface area contributed by atoms with E-state index in [-0.39, 0.29) is 5.91 Å². The van der Waals surface area contributed by atoms with Crippen molar-refractivity contribution in [3.8, 4) is 0 Å². The van der Waals surface area contributed by atoms with Crippen LogP contribution >= 0.6 is 0 Å². The van der Waals surface area contributed by atoms with Crippen molar-refractivity contribution in [1.82, 2.24) is 15.5 Å². The number of hydrogen-bond donors (Lipinski definition) is 2. The maximum absolute atomic E-state index is 11.6. The maximum atomic E-state index is 11.6. The zero-order valence-corrected chi connectivity index (χ0v) is 11.5. The number of hydrogen-bond acceptors (Lipinski definition) is 3. The van der Waals surface area contributed by atoms with Crippen molar-refractivity contribution in [3.63, 3.8) is 0 Å². The van der Waals surface area contributed by atoms with Crippen LogP contribution < -0.4 is 10.6 Å². The fourth-order valence-corrected chi connectivity index (χ4v) is 2.31. The van der Waals surface area contributed by atoms with Crippen LogP contribution in [0.15, 0.2) is 0 Å². The van der Waals surface area contributed by atoms with Gasteiger partial charge in [0.25, 0.3) is 0 Å². The van der Waals surface area contributed by atoms with Gasteiger partial charge in [-0.15, -0.1) is 0 Å². The van der Waals surface area contributed by atoms with E-state index in [9.17, 15) is 4.79 Å². The van der Waals surface area contributed by atoms with Crippen molar-refractivity contribution in [2.45, 2.75) is 39.7 Å². The van der Waals surface area contributed by atoms with Gasteiger partial charge in [0.15, 0.2) is 0 Å². The van der Waals surface area contributed by atoms with Crippen LogP contribution in [0.25, 0.3) is 0 Å². The van der Waals surface area contributed by atoms with E-state index in [0.717, 1.165) is 26.2 Å². The van der Waals surface area contributed by atoms with Gasteiger partial charge < -0.3 is 10.6 Å². The SMILES string of the molecule is CCNC(=O)CN(CC1CCCNC1)C(C)C. The Morgan fingerprint density at radius 2 is 2.29 bits per heavy atom. The number of carbonyl (C=O) groups excluding carboxylic acids is 1. The summed E-state index contributed by atoms with van der Waals surface area (Å²) in [6.07, 6.45) is 2.55. The molecule has 0 radical (unpaired) electrons. The summed E-state index contributed by atoms with van der Waals surface area (Å²) in [7, 11) is 0. The molecule has 1 fully saturated rings. The third kappa shape index (κ3) is 5.50. The van der Waals surface area contributed by atoms with Gasteiger partial charge in [0, 0.05) is 19.1 Å². The molecular weight excluding hydrogens is 214 g/mol. The Balaban J connectivity index is 2.39. The zero-order chi connectivity index (χ0) is 12.7. The second kappa shape index (κ2) is 7.67. The minimum atomic E-state index is 0.143. The predicted molar refractivity (Wildman–Crippen MR) is 71.0 cm³/mol. The van der Waals surface area contributed by atoms with Gasteiger partial charge in [-0.25, -0.2) is 0 Å². The summed E-state index contributed by atoms with van der Waals surface area (Å²) >= 11 is 0. The average Bonchev–Trinajstić information content (AvgIpc) is 2.29. The van der Waals surface area contributed by atoms with E-state index in [4.69, 9.17) is 0 Å². The summed E-state index contributed by atoms with van der Waals surface area (Å²) in [5.74, 6) is 0.838. The van der Waals surface area contributed by atoms with Crippen molar-refractivity contribution in [1.29, 1.82) is 0 Å². The lowest BCUT2D eigenvalue weighted by atomic mass is 9.98. The third-order valence-electron chi connectivity index (χ3n) is 3.34. The summed E-state index contributed by atoms with van der Waals surface area (Å²) in [4.78, 5) is 13.9. The number of nitrogens with one attached hydrogen (secondary N) is 2. The maximum Gasteiger partial charge on any atom is 0.234 e. The van der Waals surface area contributed by atoms with Gasteiger partial charge in [-0.1, -0.05) is 0 Å². The van der Waals surface area contributed by atoms with Crippen molar-refractivity contribution < 1.29 is 4.79 Å².